The van der Waals surface area contributed by atoms with Crippen molar-refractivity contribution >= 4 is 35.8 Å². The summed E-state index contributed by atoms with van der Waals surface area (Å²) in [6.07, 6.45) is 10.2. The maximum atomic E-state index is 11.5. The average Bonchev–Trinajstić information content (AvgIpc) is 3.06. The largest absolute Gasteiger partial charge is 0.356 e. The predicted octanol–water partition coefficient (Wildman–Crippen LogP) is 1.55. The van der Waals surface area contributed by atoms with Gasteiger partial charge in [0.15, 0.2) is 5.96 Å². The maximum Gasteiger partial charge on any atom is 0.220 e. The molecule has 2 aliphatic carbocycles. The number of nitrogens with one attached hydrogen (secondary N) is 3. The Balaban J connectivity index is 0.00000200. The Kier molecular flexibility index (Phi) is 7.94. The van der Waals surface area contributed by atoms with Gasteiger partial charge in [-0.05, 0) is 32.1 Å². The van der Waals surface area contributed by atoms with E-state index < -0.39 is 0 Å². The molecule has 0 spiro atoms. The fourth-order valence-corrected chi connectivity index (χ4v) is 2.11. The third kappa shape index (κ3) is 6.58. The number of hydrogen-bond donors (Lipinski definition) is 3. The van der Waals surface area contributed by atoms with Gasteiger partial charge in [-0.3, -0.25) is 9.79 Å². The second-order valence-corrected chi connectivity index (χ2v) is 5.23. The van der Waals surface area contributed by atoms with E-state index in [1.165, 1.54) is 0 Å². The first kappa shape index (κ1) is 17.3. The molecule has 0 aromatic rings. The normalized spacial score (nSPS) is 18.6. The summed E-state index contributed by atoms with van der Waals surface area (Å²) in [6, 6.07) is 0.925. The quantitative estimate of drug-likeness (QED) is 0.211. The van der Waals surface area contributed by atoms with Crippen LogP contribution in [0.25, 0.3) is 0 Å². The fourth-order valence-electron chi connectivity index (χ4n) is 2.11. The van der Waals surface area contributed by atoms with Gasteiger partial charge in [-0.25, -0.2) is 0 Å². The van der Waals surface area contributed by atoms with Gasteiger partial charge in [-0.1, -0.05) is 12.2 Å². The van der Waals surface area contributed by atoms with Crippen LogP contribution >= 0.6 is 24.0 Å². The summed E-state index contributed by atoms with van der Waals surface area (Å²) >= 11 is 0. The topological polar surface area (TPSA) is 65.5 Å². The van der Waals surface area contributed by atoms with Crippen molar-refractivity contribution in [2.24, 2.45) is 4.99 Å². The van der Waals surface area contributed by atoms with E-state index in [1.54, 1.807) is 7.05 Å². The molecule has 0 atom stereocenters. The van der Waals surface area contributed by atoms with Crippen molar-refractivity contribution in [1.29, 1.82) is 0 Å². The molecule has 0 heterocycles. The van der Waals surface area contributed by atoms with Crippen LogP contribution in [0.3, 0.4) is 0 Å². The van der Waals surface area contributed by atoms with E-state index in [0.717, 1.165) is 44.6 Å². The molecule has 1 saturated carbocycles. The Labute approximate surface area is 138 Å². The highest BCUT2D eigenvalue weighted by Crippen LogP contribution is 2.18. The van der Waals surface area contributed by atoms with Crippen LogP contribution in [-0.2, 0) is 4.79 Å². The maximum absolute atomic E-state index is 11.5. The van der Waals surface area contributed by atoms with E-state index in [1.807, 2.05) is 0 Å². The Morgan fingerprint density at radius 1 is 1.20 bits per heavy atom. The lowest BCUT2D eigenvalue weighted by Crippen LogP contribution is -2.42. The number of amides is 1. The highest BCUT2D eigenvalue weighted by atomic mass is 127. The first-order valence-corrected chi connectivity index (χ1v) is 7.19. The van der Waals surface area contributed by atoms with E-state index >= 15 is 0 Å². The van der Waals surface area contributed by atoms with Crippen LogP contribution in [0.15, 0.2) is 17.1 Å². The lowest BCUT2D eigenvalue weighted by atomic mass is 10.2. The fraction of sp³-hybridized carbons (Fsp3) is 0.714. The minimum absolute atomic E-state index is 0. The second-order valence-electron chi connectivity index (χ2n) is 5.23. The molecule has 0 bridgehead atoms. The zero-order chi connectivity index (χ0) is 13.5. The number of halogens is 1. The van der Waals surface area contributed by atoms with Crippen LogP contribution in [0.1, 0.15) is 38.5 Å². The van der Waals surface area contributed by atoms with Gasteiger partial charge in [0.25, 0.3) is 0 Å². The van der Waals surface area contributed by atoms with Gasteiger partial charge in [0.1, 0.15) is 0 Å². The van der Waals surface area contributed by atoms with Gasteiger partial charge in [-0.15, -0.1) is 24.0 Å². The summed E-state index contributed by atoms with van der Waals surface area (Å²) in [5.41, 5.74) is 0. The third-order valence-electron chi connectivity index (χ3n) is 3.39. The van der Waals surface area contributed by atoms with Gasteiger partial charge in [0.2, 0.25) is 5.91 Å². The lowest BCUT2D eigenvalue weighted by molar-refractivity contribution is -0.121. The molecule has 114 valence electrons. The van der Waals surface area contributed by atoms with Crippen LogP contribution in [0.2, 0.25) is 0 Å². The third-order valence-corrected chi connectivity index (χ3v) is 3.39. The van der Waals surface area contributed by atoms with E-state index in [0.29, 0.717) is 18.5 Å². The zero-order valence-corrected chi connectivity index (χ0v) is 14.4. The van der Waals surface area contributed by atoms with Crippen molar-refractivity contribution in [2.75, 3.05) is 13.6 Å². The summed E-state index contributed by atoms with van der Waals surface area (Å²) in [5.74, 6) is 1.00. The number of aliphatic imine (C=N–C) groups is 1. The number of nitrogens with zero attached hydrogens (tertiary/aromatic N) is 1. The summed E-state index contributed by atoms with van der Waals surface area (Å²) in [4.78, 5) is 15.7. The summed E-state index contributed by atoms with van der Waals surface area (Å²) < 4.78 is 0. The van der Waals surface area contributed by atoms with Gasteiger partial charge in [0, 0.05) is 32.1 Å². The lowest BCUT2D eigenvalue weighted by Gasteiger charge is -2.16. The van der Waals surface area contributed by atoms with Gasteiger partial charge >= 0.3 is 0 Å². The minimum atomic E-state index is 0. The molecule has 0 radical (unpaired) electrons. The number of guanidine groups is 1. The van der Waals surface area contributed by atoms with Gasteiger partial charge < -0.3 is 16.0 Å². The molecule has 5 nitrogen and oxygen atoms in total. The van der Waals surface area contributed by atoms with Crippen LogP contribution < -0.4 is 16.0 Å². The number of rotatable bonds is 6. The molecule has 0 aliphatic heterocycles. The van der Waals surface area contributed by atoms with Crippen molar-refractivity contribution in [3.05, 3.63) is 12.2 Å². The SMILES string of the molecule is CN=C(NCCCC(=O)NC1CC1)NC1CC=CC1.I. The number of carbonyl (C=O) groups excluding carboxylic acids is 1. The minimum Gasteiger partial charge on any atom is -0.356 e. The van der Waals surface area contributed by atoms with Gasteiger partial charge in [-0.2, -0.15) is 0 Å². The molecule has 1 amide bonds. The van der Waals surface area contributed by atoms with Crippen LogP contribution in [-0.4, -0.2) is 37.5 Å². The van der Waals surface area contributed by atoms with E-state index in [9.17, 15) is 4.79 Å². The first-order valence-electron chi connectivity index (χ1n) is 7.19. The molecule has 0 unspecified atom stereocenters. The Hall–Kier alpha value is -0.790. The van der Waals surface area contributed by atoms with E-state index in [2.05, 4.69) is 33.1 Å². The number of hydrogen-bond acceptors (Lipinski definition) is 2. The molecule has 3 N–H and O–H groups in total. The molecule has 1 fully saturated rings. The van der Waals surface area contributed by atoms with Crippen molar-refractivity contribution in [1.82, 2.24) is 16.0 Å². The van der Waals surface area contributed by atoms with Gasteiger partial charge in [0.05, 0.1) is 0 Å². The summed E-state index contributed by atoms with van der Waals surface area (Å²) in [6.45, 7) is 0.776. The van der Waals surface area contributed by atoms with E-state index in [4.69, 9.17) is 0 Å². The molecule has 0 saturated heterocycles. The van der Waals surface area contributed by atoms with E-state index in [-0.39, 0.29) is 29.9 Å². The Morgan fingerprint density at radius 3 is 2.50 bits per heavy atom. The standard InChI is InChI=1S/C14H24N4O.HI/c1-15-14(18-11-5-2-3-6-11)16-10-4-7-13(19)17-12-8-9-12;/h2-3,11-12H,4-10H2,1H3,(H,17,19)(H2,15,16,18);1H. The average molecular weight is 392 g/mol. The summed E-state index contributed by atoms with van der Waals surface area (Å²) in [5, 5.41) is 9.62. The molecular weight excluding hydrogens is 367 g/mol. The van der Waals surface area contributed by atoms with Crippen molar-refractivity contribution < 1.29 is 4.79 Å². The molecule has 20 heavy (non-hydrogen) atoms. The van der Waals surface area contributed by atoms with Crippen molar-refractivity contribution in [2.45, 2.75) is 50.6 Å². The van der Waals surface area contributed by atoms with Crippen molar-refractivity contribution in [3.63, 3.8) is 0 Å². The first-order chi connectivity index (χ1) is 9.28. The Bertz CT molecular complexity index is 358. The zero-order valence-electron chi connectivity index (χ0n) is 12.0. The molecule has 0 aromatic heterocycles. The molecule has 0 aromatic carbocycles. The molecule has 2 aliphatic rings. The smallest absolute Gasteiger partial charge is 0.220 e. The Morgan fingerprint density at radius 2 is 1.90 bits per heavy atom. The number of carbonyl (C=O) groups is 1. The molecule has 6 heteroatoms. The van der Waals surface area contributed by atoms with Crippen LogP contribution in [0, 0.1) is 0 Å². The predicted molar refractivity (Wildman–Crippen MR) is 92.5 cm³/mol. The van der Waals surface area contributed by atoms with Crippen LogP contribution in [0.5, 0.6) is 0 Å². The van der Waals surface area contributed by atoms with Crippen molar-refractivity contribution in [3.8, 4) is 0 Å². The second kappa shape index (κ2) is 9.20. The summed E-state index contributed by atoms with van der Waals surface area (Å²) in [7, 11) is 1.78. The highest BCUT2D eigenvalue weighted by molar-refractivity contribution is 14.0. The van der Waals surface area contributed by atoms with Crippen LogP contribution in [0.4, 0.5) is 0 Å². The molecular formula is C14H25IN4O. The molecule has 2 rings (SSSR count). The highest BCUT2D eigenvalue weighted by Gasteiger charge is 2.22. The monoisotopic (exact) mass is 392 g/mol.